The summed E-state index contributed by atoms with van der Waals surface area (Å²) in [5.41, 5.74) is -0.109. The minimum absolute atomic E-state index is 0.00822. The predicted octanol–water partition coefficient (Wildman–Crippen LogP) is 1.76. The zero-order valence-electron chi connectivity index (χ0n) is 22.6. The molecule has 2 aromatic heterocycles. The van der Waals surface area contributed by atoms with E-state index in [1.165, 1.54) is 15.2 Å². The van der Waals surface area contributed by atoms with E-state index in [0.717, 1.165) is 12.8 Å². The Balaban J connectivity index is 1.34. The van der Waals surface area contributed by atoms with Gasteiger partial charge in [-0.05, 0) is 37.7 Å². The SMILES string of the molecule is CC(C)C[n+]1c(O)c(C(=O)NC2CC2)c(=O)n2[nH]cc(/C=C/C(=O)N3CCN(CC4CC(F)(F)C4)C[C@H]3C)c21. The summed E-state index contributed by atoms with van der Waals surface area (Å²) in [5, 5.41) is 16.7. The molecule has 5 rings (SSSR count). The van der Waals surface area contributed by atoms with E-state index in [-0.39, 0.29) is 48.2 Å². The molecule has 0 bridgehead atoms. The third kappa shape index (κ3) is 5.70. The fourth-order valence-electron chi connectivity index (χ4n) is 5.67. The average Bonchev–Trinajstić information content (AvgIpc) is 3.54. The van der Waals surface area contributed by atoms with Crippen LogP contribution in [0.15, 0.2) is 17.1 Å². The molecule has 1 atom stereocenters. The Kier molecular flexibility index (Phi) is 7.25. The number of alkyl halides is 2. The van der Waals surface area contributed by atoms with E-state index < -0.39 is 23.3 Å². The van der Waals surface area contributed by atoms with Gasteiger partial charge in [0.15, 0.2) is 0 Å². The second-order valence-electron chi connectivity index (χ2n) is 11.7. The molecule has 3 N–H and O–H groups in total. The van der Waals surface area contributed by atoms with Crippen molar-refractivity contribution in [2.24, 2.45) is 11.8 Å². The molecular weight excluding hydrogens is 510 g/mol. The number of nitrogens with one attached hydrogen (secondary N) is 2. The molecule has 0 radical (unpaired) electrons. The van der Waals surface area contributed by atoms with Crippen molar-refractivity contribution in [1.29, 1.82) is 0 Å². The van der Waals surface area contributed by atoms with Gasteiger partial charge in [-0.1, -0.05) is 18.4 Å². The Morgan fingerprint density at radius 2 is 2.00 bits per heavy atom. The maximum atomic E-state index is 13.2. The van der Waals surface area contributed by atoms with Gasteiger partial charge >= 0.3 is 17.1 Å². The standard InChI is InChI=1S/C27H36F2N6O4/c1-16(2)13-34-24-19(12-30-35(24)26(39)22(25(34)38)23(37)31-20-5-6-20)4-7-21(36)33-9-8-32(14-17(33)3)15-18-10-27(28,29)11-18/h4,7,12,16-18,20H,5-6,8-11,13-15H2,1-3H3,(H2,31,37,38,39)/p+1/b7-4+/t17-/m1/s1. The van der Waals surface area contributed by atoms with E-state index in [9.17, 15) is 28.3 Å². The van der Waals surface area contributed by atoms with Crippen LogP contribution in [-0.4, -0.2) is 80.5 Å². The van der Waals surface area contributed by atoms with Gasteiger partial charge in [0, 0.05) is 57.2 Å². The van der Waals surface area contributed by atoms with Crippen molar-refractivity contribution < 1.29 is 28.0 Å². The predicted molar refractivity (Wildman–Crippen MR) is 140 cm³/mol. The maximum Gasteiger partial charge on any atom is 0.378 e. The maximum absolute atomic E-state index is 13.2. The number of carbonyl (C=O) groups excluding carboxylic acids is 2. The molecule has 39 heavy (non-hydrogen) atoms. The molecule has 1 aliphatic heterocycles. The molecule has 3 fully saturated rings. The van der Waals surface area contributed by atoms with Crippen LogP contribution in [0.25, 0.3) is 11.7 Å². The third-order valence-corrected chi connectivity index (χ3v) is 7.75. The number of aromatic hydroxyl groups is 1. The van der Waals surface area contributed by atoms with Gasteiger partial charge in [0.2, 0.25) is 17.4 Å². The fourth-order valence-corrected chi connectivity index (χ4v) is 5.67. The van der Waals surface area contributed by atoms with E-state index in [1.807, 2.05) is 20.8 Å². The molecule has 3 aliphatic rings. The number of H-pyrrole nitrogens is 1. The largest absolute Gasteiger partial charge is 0.477 e. The Hall–Kier alpha value is -3.28. The van der Waals surface area contributed by atoms with Crippen LogP contribution in [0.4, 0.5) is 8.78 Å². The molecule has 3 heterocycles. The first-order valence-electron chi connectivity index (χ1n) is 13.7. The van der Waals surface area contributed by atoms with Crippen LogP contribution in [0, 0.1) is 11.8 Å². The van der Waals surface area contributed by atoms with E-state index in [2.05, 4.69) is 15.3 Å². The summed E-state index contributed by atoms with van der Waals surface area (Å²) < 4.78 is 29.1. The molecule has 10 nitrogen and oxygen atoms in total. The quantitative estimate of drug-likeness (QED) is 0.344. The molecule has 0 spiro atoms. The van der Waals surface area contributed by atoms with Crippen LogP contribution in [0.3, 0.4) is 0 Å². The van der Waals surface area contributed by atoms with Crippen molar-refractivity contribution in [3.63, 3.8) is 0 Å². The topological polar surface area (TPSA) is 114 Å². The van der Waals surface area contributed by atoms with Gasteiger partial charge in [-0.25, -0.2) is 18.7 Å². The molecular formula is C27H37F2N6O4+. The highest BCUT2D eigenvalue weighted by atomic mass is 19.3. The summed E-state index contributed by atoms with van der Waals surface area (Å²) >= 11 is 0. The fraction of sp³-hybridized carbons (Fsp3) is 0.630. The zero-order valence-corrected chi connectivity index (χ0v) is 22.6. The lowest BCUT2D eigenvalue weighted by Gasteiger charge is -2.43. The summed E-state index contributed by atoms with van der Waals surface area (Å²) in [5.74, 6) is -3.62. The van der Waals surface area contributed by atoms with E-state index in [1.54, 1.807) is 17.2 Å². The van der Waals surface area contributed by atoms with Crippen molar-refractivity contribution in [3.8, 4) is 5.88 Å². The Morgan fingerprint density at radius 1 is 1.28 bits per heavy atom. The number of amides is 2. The number of aromatic nitrogens is 3. The molecule has 2 amide bonds. The number of halogens is 2. The smallest absolute Gasteiger partial charge is 0.378 e. The number of piperazine rings is 1. The minimum atomic E-state index is -2.53. The van der Waals surface area contributed by atoms with E-state index in [4.69, 9.17) is 0 Å². The lowest BCUT2D eigenvalue weighted by Crippen LogP contribution is -2.55. The van der Waals surface area contributed by atoms with Crippen LogP contribution < -0.4 is 15.4 Å². The molecule has 2 saturated carbocycles. The molecule has 2 aliphatic carbocycles. The number of hydrogen-bond acceptors (Lipinski definition) is 5. The van der Waals surface area contributed by atoms with Gasteiger partial charge in [-0.3, -0.25) is 14.5 Å². The molecule has 2 aromatic rings. The van der Waals surface area contributed by atoms with Crippen LogP contribution >= 0.6 is 0 Å². The number of nitrogens with zero attached hydrogens (tertiary/aromatic N) is 4. The molecule has 0 aromatic carbocycles. The number of hydrogen-bond donors (Lipinski definition) is 3. The third-order valence-electron chi connectivity index (χ3n) is 7.75. The van der Waals surface area contributed by atoms with E-state index >= 15 is 0 Å². The van der Waals surface area contributed by atoms with Crippen LogP contribution in [-0.2, 0) is 11.3 Å². The highest BCUT2D eigenvalue weighted by molar-refractivity contribution is 5.96. The number of fused-ring (bicyclic) bond motifs is 1. The highest BCUT2D eigenvalue weighted by Crippen LogP contribution is 2.42. The van der Waals surface area contributed by atoms with Crippen LogP contribution in [0.5, 0.6) is 5.88 Å². The molecule has 0 unspecified atom stereocenters. The van der Waals surface area contributed by atoms with Crippen molar-refractivity contribution in [1.82, 2.24) is 24.7 Å². The normalized spacial score (nSPS) is 22.1. The lowest BCUT2D eigenvalue weighted by molar-refractivity contribution is -0.686. The summed E-state index contributed by atoms with van der Waals surface area (Å²) in [6, 6.07) is -0.0551. The highest BCUT2D eigenvalue weighted by Gasteiger charge is 2.46. The first kappa shape index (κ1) is 27.3. The van der Waals surface area contributed by atoms with Gasteiger partial charge in [-0.2, -0.15) is 4.57 Å². The second-order valence-corrected chi connectivity index (χ2v) is 11.7. The van der Waals surface area contributed by atoms with E-state index in [0.29, 0.717) is 43.9 Å². The average molecular weight is 548 g/mol. The van der Waals surface area contributed by atoms with Gasteiger partial charge in [-0.15, -0.1) is 0 Å². The van der Waals surface area contributed by atoms with Crippen LogP contribution in [0.2, 0.25) is 0 Å². The van der Waals surface area contributed by atoms with Gasteiger partial charge in [0.25, 0.3) is 5.91 Å². The first-order chi connectivity index (χ1) is 18.4. The number of carbonyl (C=O) groups is 2. The molecule has 212 valence electrons. The first-order valence-corrected chi connectivity index (χ1v) is 13.7. The Bertz CT molecular complexity index is 1350. The summed E-state index contributed by atoms with van der Waals surface area (Å²) in [7, 11) is 0. The monoisotopic (exact) mass is 547 g/mol. The summed E-state index contributed by atoms with van der Waals surface area (Å²) in [6.07, 6.45) is 6.18. The second kappa shape index (κ2) is 10.4. The molecule has 12 heteroatoms. The van der Waals surface area contributed by atoms with Crippen molar-refractivity contribution in [2.75, 3.05) is 26.2 Å². The van der Waals surface area contributed by atoms with Gasteiger partial charge in [0.1, 0.15) is 0 Å². The van der Waals surface area contributed by atoms with Gasteiger partial charge in [0.05, 0.1) is 18.3 Å². The summed E-state index contributed by atoms with van der Waals surface area (Å²) in [4.78, 5) is 43.0. The van der Waals surface area contributed by atoms with Gasteiger partial charge < -0.3 is 15.3 Å². The Labute approximate surface area is 225 Å². The van der Waals surface area contributed by atoms with Crippen LogP contribution in [0.1, 0.15) is 62.4 Å². The Morgan fingerprint density at radius 3 is 2.62 bits per heavy atom. The number of rotatable bonds is 8. The van der Waals surface area contributed by atoms with Crippen molar-refractivity contribution >= 4 is 23.5 Å². The number of aromatic amines is 1. The zero-order chi connectivity index (χ0) is 28.1. The van der Waals surface area contributed by atoms with Crippen molar-refractivity contribution in [3.05, 3.63) is 33.8 Å². The minimum Gasteiger partial charge on any atom is -0.477 e. The molecule has 1 saturated heterocycles. The van der Waals surface area contributed by atoms with Crippen molar-refractivity contribution in [2.45, 2.75) is 71.0 Å². The summed E-state index contributed by atoms with van der Waals surface area (Å²) in [6.45, 7) is 8.58. The lowest BCUT2D eigenvalue weighted by atomic mass is 9.81.